The van der Waals surface area contributed by atoms with Gasteiger partial charge in [0.1, 0.15) is 0 Å². The molecule has 6 nitrogen and oxygen atoms in total. The Morgan fingerprint density at radius 1 is 0.786 bits per heavy atom. The number of carbonyl (C=O) groups excluding carboxylic acids is 2. The molecule has 0 heterocycles. The second-order valence-corrected chi connectivity index (χ2v) is 8.69. The summed E-state index contributed by atoms with van der Waals surface area (Å²) >= 11 is 0. The van der Waals surface area contributed by atoms with Crippen LogP contribution in [0.4, 0.5) is 0 Å². The zero-order valence-electron chi connectivity index (χ0n) is 15.8. The summed E-state index contributed by atoms with van der Waals surface area (Å²) in [4.78, 5) is 23.7. The molecule has 2 aromatic carbocycles. The molecule has 0 saturated heterocycles. The second kappa shape index (κ2) is 11.2. The number of carbonyl (C=O) groups is 2. The third-order valence-corrected chi connectivity index (χ3v) is 5.77. The Hall–Kier alpha value is -2.67. The van der Waals surface area contributed by atoms with Gasteiger partial charge >= 0.3 is 0 Å². The Kier molecular flexibility index (Phi) is 8.68. The van der Waals surface area contributed by atoms with Crippen molar-refractivity contribution < 1.29 is 18.0 Å². The van der Waals surface area contributed by atoms with Gasteiger partial charge in [0.2, 0.25) is 5.91 Å². The molecule has 0 bridgehead atoms. The molecule has 0 atom stereocenters. The largest absolute Gasteiger partial charge is 0.356 e. The van der Waals surface area contributed by atoms with E-state index in [9.17, 15) is 18.0 Å². The zero-order valence-corrected chi connectivity index (χ0v) is 16.6. The van der Waals surface area contributed by atoms with Gasteiger partial charge in [-0.2, -0.15) is 0 Å². The van der Waals surface area contributed by atoms with Crippen molar-refractivity contribution in [3.05, 3.63) is 71.8 Å². The molecule has 7 heteroatoms. The van der Waals surface area contributed by atoms with Crippen LogP contribution >= 0.6 is 0 Å². The highest BCUT2D eigenvalue weighted by Gasteiger charge is 2.12. The molecule has 150 valence electrons. The standard InChI is InChI=1S/C21H26N2O4S/c24-20(13-7-14-23-21(25)19-11-5-2-6-12-19)22-15-8-16-28(26,27)17-18-9-3-1-4-10-18/h1-6,9-12H,7-8,13-17H2,(H,22,24)(H,23,25). The minimum atomic E-state index is -3.19. The molecule has 0 aliphatic carbocycles. The topological polar surface area (TPSA) is 92.3 Å². The van der Waals surface area contributed by atoms with E-state index in [2.05, 4.69) is 10.6 Å². The summed E-state index contributed by atoms with van der Waals surface area (Å²) in [5.74, 6) is -0.253. The van der Waals surface area contributed by atoms with Gasteiger partial charge in [0, 0.05) is 25.1 Å². The lowest BCUT2D eigenvalue weighted by Crippen LogP contribution is -2.28. The predicted octanol–water partition coefficient (Wildman–Crippen LogP) is 2.32. The van der Waals surface area contributed by atoms with E-state index in [1.165, 1.54) is 0 Å². The molecule has 0 aromatic heterocycles. The maximum Gasteiger partial charge on any atom is 0.251 e. The van der Waals surface area contributed by atoms with Crippen molar-refractivity contribution in [3.63, 3.8) is 0 Å². The lowest BCUT2D eigenvalue weighted by atomic mass is 10.2. The quantitative estimate of drug-likeness (QED) is 0.564. The van der Waals surface area contributed by atoms with Crippen molar-refractivity contribution in [3.8, 4) is 0 Å². The normalized spacial score (nSPS) is 11.0. The Morgan fingerprint density at radius 3 is 2.07 bits per heavy atom. The van der Waals surface area contributed by atoms with Crippen LogP contribution in [0.1, 0.15) is 35.2 Å². The monoisotopic (exact) mass is 402 g/mol. The highest BCUT2D eigenvalue weighted by molar-refractivity contribution is 7.90. The summed E-state index contributed by atoms with van der Waals surface area (Å²) < 4.78 is 24.2. The summed E-state index contributed by atoms with van der Waals surface area (Å²) in [5, 5.41) is 5.49. The molecule has 0 fully saturated rings. The third kappa shape index (κ3) is 8.35. The van der Waals surface area contributed by atoms with E-state index in [0.29, 0.717) is 31.5 Å². The van der Waals surface area contributed by atoms with Crippen LogP contribution in [0, 0.1) is 0 Å². The molecule has 2 aromatic rings. The Bertz CT molecular complexity index is 852. The number of sulfone groups is 1. The minimum absolute atomic E-state index is 0.0168. The van der Waals surface area contributed by atoms with Crippen molar-refractivity contribution >= 4 is 21.7 Å². The highest BCUT2D eigenvalue weighted by atomic mass is 32.2. The van der Waals surface area contributed by atoms with E-state index in [1.54, 1.807) is 36.4 Å². The van der Waals surface area contributed by atoms with Crippen LogP contribution in [0.2, 0.25) is 0 Å². The Balaban J connectivity index is 1.55. The molecule has 0 radical (unpaired) electrons. The summed E-state index contributed by atoms with van der Waals surface area (Å²) in [6, 6.07) is 17.9. The highest BCUT2D eigenvalue weighted by Crippen LogP contribution is 2.07. The second-order valence-electron chi connectivity index (χ2n) is 6.51. The van der Waals surface area contributed by atoms with Crippen LogP contribution in [0.25, 0.3) is 0 Å². The molecule has 2 rings (SSSR count). The van der Waals surface area contributed by atoms with Crippen LogP contribution in [-0.2, 0) is 20.4 Å². The van der Waals surface area contributed by atoms with Gasteiger partial charge in [-0.3, -0.25) is 9.59 Å². The summed E-state index contributed by atoms with van der Waals surface area (Å²) in [6.45, 7) is 0.732. The van der Waals surface area contributed by atoms with Crippen molar-refractivity contribution in [1.29, 1.82) is 0 Å². The first kappa shape index (κ1) is 21.6. The average molecular weight is 403 g/mol. The van der Waals surface area contributed by atoms with Gasteiger partial charge in [0.25, 0.3) is 5.91 Å². The Labute approximate surface area is 166 Å². The Morgan fingerprint density at radius 2 is 1.39 bits per heavy atom. The number of hydrogen-bond acceptors (Lipinski definition) is 4. The third-order valence-electron chi connectivity index (χ3n) is 4.09. The van der Waals surface area contributed by atoms with Crippen LogP contribution in [0.15, 0.2) is 60.7 Å². The molecule has 0 unspecified atom stereocenters. The van der Waals surface area contributed by atoms with E-state index in [0.717, 1.165) is 5.56 Å². The molecule has 2 amide bonds. The smallest absolute Gasteiger partial charge is 0.251 e. The maximum atomic E-state index is 12.1. The fourth-order valence-corrected chi connectivity index (χ4v) is 4.08. The lowest BCUT2D eigenvalue weighted by Gasteiger charge is -2.07. The zero-order chi connectivity index (χ0) is 20.2. The molecule has 0 aliphatic rings. The van der Waals surface area contributed by atoms with Crippen molar-refractivity contribution in [2.24, 2.45) is 0 Å². The van der Waals surface area contributed by atoms with Gasteiger partial charge < -0.3 is 10.6 Å². The van der Waals surface area contributed by atoms with Crippen molar-refractivity contribution in [2.45, 2.75) is 25.0 Å². The molecule has 0 saturated carbocycles. The van der Waals surface area contributed by atoms with Crippen molar-refractivity contribution in [2.75, 3.05) is 18.8 Å². The van der Waals surface area contributed by atoms with Crippen LogP contribution in [-0.4, -0.2) is 39.1 Å². The van der Waals surface area contributed by atoms with Crippen molar-refractivity contribution in [1.82, 2.24) is 10.6 Å². The fourth-order valence-electron chi connectivity index (χ4n) is 2.65. The number of benzene rings is 2. The SMILES string of the molecule is O=C(CCCNC(=O)c1ccccc1)NCCCS(=O)(=O)Cc1ccccc1. The average Bonchev–Trinajstić information content (AvgIpc) is 2.69. The molecular weight excluding hydrogens is 376 g/mol. The number of hydrogen-bond donors (Lipinski definition) is 2. The van der Waals surface area contributed by atoms with E-state index < -0.39 is 9.84 Å². The van der Waals surface area contributed by atoms with Gasteiger partial charge in [-0.05, 0) is 30.5 Å². The lowest BCUT2D eigenvalue weighted by molar-refractivity contribution is -0.121. The summed E-state index contributed by atoms with van der Waals surface area (Å²) in [7, 11) is -3.19. The molecular formula is C21H26N2O4S. The van der Waals surface area contributed by atoms with Gasteiger partial charge in [-0.25, -0.2) is 8.42 Å². The van der Waals surface area contributed by atoms with Crippen LogP contribution in [0.3, 0.4) is 0 Å². The molecule has 2 N–H and O–H groups in total. The van der Waals surface area contributed by atoms with Crippen LogP contribution < -0.4 is 10.6 Å². The van der Waals surface area contributed by atoms with Crippen LogP contribution in [0.5, 0.6) is 0 Å². The first-order valence-corrected chi connectivity index (χ1v) is 11.1. The minimum Gasteiger partial charge on any atom is -0.356 e. The van der Waals surface area contributed by atoms with E-state index in [1.807, 2.05) is 24.3 Å². The maximum absolute atomic E-state index is 12.1. The van der Waals surface area contributed by atoms with Gasteiger partial charge in [-0.15, -0.1) is 0 Å². The first-order valence-electron chi connectivity index (χ1n) is 9.30. The molecule has 0 spiro atoms. The molecule has 0 aliphatic heterocycles. The fraction of sp³-hybridized carbons (Fsp3) is 0.333. The van der Waals surface area contributed by atoms with Gasteiger partial charge in [0.05, 0.1) is 11.5 Å². The number of rotatable bonds is 11. The number of nitrogens with one attached hydrogen (secondary N) is 2. The summed E-state index contributed by atoms with van der Waals surface area (Å²) in [5.41, 5.74) is 1.35. The number of amides is 2. The predicted molar refractivity (Wildman–Crippen MR) is 110 cm³/mol. The van der Waals surface area contributed by atoms with E-state index in [-0.39, 0.29) is 29.7 Å². The molecule has 28 heavy (non-hydrogen) atoms. The first-order chi connectivity index (χ1) is 13.5. The summed E-state index contributed by atoms with van der Waals surface area (Å²) in [6.07, 6.45) is 1.19. The van der Waals surface area contributed by atoms with Gasteiger partial charge in [0.15, 0.2) is 9.84 Å². The van der Waals surface area contributed by atoms with Gasteiger partial charge in [-0.1, -0.05) is 48.5 Å². The van der Waals surface area contributed by atoms with E-state index in [4.69, 9.17) is 0 Å². The van der Waals surface area contributed by atoms with E-state index >= 15 is 0 Å².